The van der Waals surface area contributed by atoms with Crippen molar-refractivity contribution in [3.8, 4) is 0 Å². The van der Waals surface area contributed by atoms with Gasteiger partial charge in [0.25, 0.3) is 0 Å². The molecule has 0 bridgehead atoms. The zero-order valence-corrected chi connectivity index (χ0v) is 6.58. The number of nitrogens with one attached hydrogen (secondary N) is 1. The molecule has 0 saturated heterocycles. The van der Waals surface area contributed by atoms with E-state index in [0.29, 0.717) is 13.1 Å². The second kappa shape index (κ2) is 2.85. The molecule has 61 valence electrons. The smallest absolute Gasteiger partial charge is 0.332 e. The fraction of sp³-hybridized carbons (Fsp3) is 0.222. The third-order valence-electron chi connectivity index (χ3n) is 1.94. The fourth-order valence-corrected chi connectivity index (χ4v) is 1.27. The summed E-state index contributed by atoms with van der Waals surface area (Å²) in [5, 5.41) is 6.51. The van der Waals surface area contributed by atoms with Crippen LogP contribution in [0.25, 0.3) is 0 Å². The van der Waals surface area contributed by atoms with Gasteiger partial charge in [0.15, 0.2) is 0 Å². The van der Waals surface area contributed by atoms with Crippen molar-refractivity contribution >= 4 is 6.03 Å². The molecule has 0 spiro atoms. The van der Waals surface area contributed by atoms with Gasteiger partial charge in [-0.1, -0.05) is 24.3 Å². The highest BCUT2D eigenvalue weighted by Gasteiger charge is 2.10. The molecule has 3 heteroatoms. The lowest BCUT2D eigenvalue weighted by Crippen LogP contribution is -2.26. The van der Waals surface area contributed by atoms with E-state index in [4.69, 9.17) is 0 Å². The van der Waals surface area contributed by atoms with Crippen LogP contribution in [-0.2, 0) is 13.1 Å². The first-order valence-corrected chi connectivity index (χ1v) is 3.88. The highest BCUT2D eigenvalue weighted by Crippen LogP contribution is 2.10. The van der Waals surface area contributed by atoms with Gasteiger partial charge in [0.2, 0.25) is 0 Å². The van der Waals surface area contributed by atoms with E-state index in [1.54, 1.807) is 0 Å². The number of carbonyl (C=O) groups excluding carboxylic acids is 1. The topological polar surface area (TPSA) is 43.2 Å². The summed E-state index contributed by atoms with van der Waals surface area (Å²) in [6.07, 6.45) is 0. The normalized spacial score (nSPS) is 15.5. The number of hydrogen-bond acceptors (Lipinski definition) is 1. The molecule has 2 rings (SSSR count). The van der Waals surface area contributed by atoms with Crippen molar-refractivity contribution in [2.24, 2.45) is 0 Å². The summed E-state index contributed by atoms with van der Waals surface area (Å²) in [7, 11) is 0. The number of carbonyl (C=O) groups is 1. The van der Waals surface area contributed by atoms with Crippen LogP contribution in [0.3, 0.4) is 0 Å². The van der Waals surface area contributed by atoms with Crippen LogP contribution in [0.1, 0.15) is 11.1 Å². The van der Waals surface area contributed by atoms with Gasteiger partial charge in [-0.25, -0.2) is 10.1 Å². The maximum atomic E-state index is 10.9. The summed E-state index contributed by atoms with van der Waals surface area (Å²) in [6.45, 7) is 1.10. The van der Waals surface area contributed by atoms with Crippen LogP contribution in [0.2, 0.25) is 0 Å². The van der Waals surface area contributed by atoms with Crippen LogP contribution >= 0.6 is 0 Å². The standard InChI is InChI=1S/C9H9N2O/c12-9-10-5-7-3-1-2-4-8(7)6-11-9/h1-4H,5-6H2,(H,10,12). The number of urea groups is 1. The molecule has 0 unspecified atom stereocenters. The van der Waals surface area contributed by atoms with Crippen molar-refractivity contribution in [2.45, 2.75) is 13.1 Å². The van der Waals surface area contributed by atoms with Crippen LogP contribution in [0.15, 0.2) is 24.3 Å². The molecule has 1 heterocycles. The molecule has 0 atom stereocenters. The quantitative estimate of drug-likeness (QED) is 0.606. The number of nitrogens with zero attached hydrogens (tertiary/aromatic N) is 1. The van der Waals surface area contributed by atoms with Gasteiger partial charge in [0.05, 0.1) is 6.54 Å². The Labute approximate surface area is 70.8 Å². The third kappa shape index (κ3) is 1.25. The highest BCUT2D eigenvalue weighted by molar-refractivity contribution is 5.74. The van der Waals surface area contributed by atoms with Crippen LogP contribution in [0, 0.1) is 0 Å². The molecule has 3 nitrogen and oxygen atoms in total. The summed E-state index contributed by atoms with van der Waals surface area (Å²) in [5.74, 6) is 0. The van der Waals surface area contributed by atoms with E-state index in [0.717, 1.165) is 11.1 Å². The van der Waals surface area contributed by atoms with Gasteiger partial charge < -0.3 is 5.32 Å². The minimum atomic E-state index is -0.216. The van der Waals surface area contributed by atoms with Gasteiger partial charge in [-0.3, -0.25) is 0 Å². The minimum absolute atomic E-state index is 0.216. The van der Waals surface area contributed by atoms with E-state index in [1.807, 2.05) is 24.3 Å². The Morgan fingerprint density at radius 3 is 2.83 bits per heavy atom. The molecular weight excluding hydrogens is 152 g/mol. The molecule has 2 amide bonds. The van der Waals surface area contributed by atoms with Crippen molar-refractivity contribution in [1.82, 2.24) is 10.6 Å². The van der Waals surface area contributed by atoms with Gasteiger partial charge in [0, 0.05) is 6.54 Å². The zero-order valence-electron chi connectivity index (χ0n) is 6.58. The SMILES string of the molecule is O=C1[N]Cc2ccccc2CN1. The molecule has 0 aliphatic carbocycles. The maximum absolute atomic E-state index is 10.9. The van der Waals surface area contributed by atoms with E-state index < -0.39 is 0 Å². The molecule has 1 radical (unpaired) electrons. The van der Waals surface area contributed by atoms with Crippen molar-refractivity contribution in [1.29, 1.82) is 0 Å². The number of benzene rings is 1. The Morgan fingerprint density at radius 1 is 1.25 bits per heavy atom. The zero-order chi connectivity index (χ0) is 8.39. The van der Waals surface area contributed by atoms with Crippen LogP contribution in [0.4, 0.5) is 4.79 Å². The third-order valence-corrected chi connectivity index (χ3v) is 1.94. The number of fused-ring (bicyclic) bond motifs is 1. The Hall–Kier alpha value is -1.51. The van der Waals surface area contributed by atoms with E-state index in [1.165, 1.54) is 0 Å². The Bertz CT molecular complexity index is 280. The predicted octanol–water partition coefficient (Wildman–Crippen LogP) is 1.01. The molecule has 1 N–H and O–H groups in total. The van der Waals surface area contributed by atoms with E-state index >= 15 is 0 Å². The van der Waals surface area contributed by atoms with Crippen molar-refractivity contribution in [2.75, 3.05) is 0 Å². The molecule has 1 aromatic rings. The Morgan fingerprint density at radius 2 is 2.00 bits per heavy atom. The van der Waals surface area contributed by atoms with Crippen LogP contribution in [-0.4, -0.2) is 6.03 Å². The van der Waals surface area contributed by atoms with Crippen molar-refractivity contribution in [3.05, 3.63) is 35.4 Å². The first-order chi connectivity index (χ1) is 5.86. The van der Waals surface area contributed by atoms with Crippen molar-refractivity contribution in [3.63, 3.8) is 0 Å². The summed E-state index contributed by atoms with van der Waals surface area (Å²) >= 11 is 0. The molecule has 0 aromatic heterocycles. The Kier molecular flexibility index (Phi) is 1.70. The largest absolute Gasteiger partial charge is 0.336 e. The lowest BCUT2D eigenvalue weighted by molar-refractivity contribution is 0.240. The number of amides is 2. The minimum Gasteiger partial charge on any atom is -0.332 e. The van der Waals surface area contributed by atoms with Crippen LogP contribution < -0.4 is 10.6 Å². The molecular formula is C9H9N2O. The van der Waals surface area contributed by atoms with Gasteiger partial charge in [-0.2, -0.15) is 0 Å². The lowest BCUT2D eigenvalue weighted by atomic mass is 10.1. The van der Waals surface area contributed by atoms with E-state index in [2.05, 4.69) is 10.6 Å². The number of hydrogen-bond donors (Lipinski definition) is 1. The van der Waals surface area contributed by atoms with Crippen LogP contribution in [0.5, 0.6) is 0 Å². The van der Waals surface area contributed by atoms with Gasteiger partial charge >= 0.3 is 6.03 Å². The monoisotopic (exact) mass is 161 g/mol. The van der Waals surface area contributed by atoms with E-state index in [-0.39, 0.29) is 6.03 Å². The number of rotatable bonds is 0. The maximum Gasteiger partial charge on any atom is 0.336 e. The predicted molar refractivity (Wildman–Crippen MR) is 44.5 cm³/mol. The van der Waals surface area contributed by atoms with Crippen molar-refractivity contribution < 1.29 is 4.79 Å². The molecule has 0 fully saturated rings. The lowest BCUT2D eigenvalue weighted by Gasteiger charge is -2.01. The van der Waals surface area contributed by atoms with E-state index in [9.17, 15) is 4.79 Å². The average Bonchev–Trinajstić information content (AvgIpc) is 2.29. The summed E-state index contributed by atoms with van der Waals surface area (Å²) in [6, 6.07) is 7.72. The van der Waals surface area contributed by atoms with Gasteiger partial charge in [0.1, 0.15) is 0 Å². The highest BCUT2D eigenvalue weighted by atomic mass is 16.2. The molecule has 1 aliphatic rings. The summed E-state index contributed by atoms with van der Waals surface area (Å²) < 4.78 is 0. The van der Waals surface area contributed by atoms with Gasteiger partial charge in [-0.15, -0.1) is 0 Å². The summed E-state index contributed by atoms with van der Waals surface area (Å²) in [5.41, 5.74) is 2.29. The summed E-state index contributed by atoms with van der Waals surface area (Å²) in [4.78, 5) is 10.9. The fourth-order valence-electron chi connectivity index (χ4n) is 1.27. The second-order valence-corrected chi connectivity index (χ2v) is 2.74. The molecule has 1 aromatic carbocycles. The molecule has 12 heavy (non-hydrogen) atoms. The first-order valence-electron chi connectivity index (χ1n) is 3.88. The van der Waals surface area contributed by atoms with Gasteiger partial charge in [-0.05, 0) is 11.1 Å². The average molecular weight is 161 g/mol. The first kappa shape index (κ1) is 7.16. The molecule has 0 saturated carbocycles. The second-order valence-electron chi connectivity index (χ2n) is 2.74. The molecule has 1 aliphatic heterocycles. The Balaban J connectivity index is 2.32.